The van der Waals surface area contributed by atoms with Gasteiger partial charge in [0.2, 0.25) is 0 Å². The first kappa shape index (κ1) is 15.1. The maximum Gasteiger partial charge on any atom is 0.410 e. The van der Waals surface area contributed by atoms with Crippen LogP contribution in [0, 0.1) is 5.41 Å². The van der Waals surface area contributed by atoms with Crippen molar-refractivity contribution in [1.29, 1.82) is 0 Å². The van der Waals surface area contributed by atoms with Crippen molar-refractivity contribution in [1.82, 2.24) is 10.2 Å². The van der Waals surface area contributed by atoms with E-state index in [0.29, 0.717) is 0 Å². The molecule has 1 rings (SSSR count). The quantitative estimate of drug-likeness (QED) is 0.848. The van der Waals surface area contributed by atoms with Crippen LogP contribution in [0.2, 0.25) is 0 Å². The van der Waals surface area contributed by atoms with Gasteiger partial charge in [0.05, 0.1) is 12.0 Å². The Morgan fingerprint density at radius 1 is 1.39 bits per heavy atom. The number of hydrogen-bond donors (Lipinski definition) is 1. The molecule has 0 aromatic rings. The number of hydrogen-bond acceptors (Lipinski definition) is 3. The van der Waals surface area contributed by atoms with Crippen molar-refractivity contribution in [2.45, 2.75) is 39.2 Å². The van der Waals surface area contributed by atoms with Crippen molar-refractivity contribution in [2.24, 2.45) is 5.41 Å². The lowest BCUT2D eigenvalue weighted by atomic mass is 9.77. The highest BCUT2D eigenvalue weighted by Crippen LogP contribution is 2.40. The van der Waals surface area contributed by atoms with Gasteiger partial charge in [0, 0.05) is 20.1 Å². The molecule has 0 spiro atoms. The van der Waals surface area contributed by atoms with Gasteiger partial charge >= 0.3 is 6.09 Å². The third-order valence-electron chi connectivity index (χ3n) is 3.05. The van der Waals surface area contributed by atoms with Crippen LogP contribution in [0.3, 0.4) is 0 Å². The minimum Gasteiger partial charge on any atom is -0.444 e. The van der Waals surface area contributed by atoms with E-state index in [1.165, 1.54) is 14.0 Å². The van der Waals surface area contributed by atoms with Crippen LogP contribution in [0.25, 0.3) is 0 Å². The van der Waals surface area contributed by atoms with Crippen LogP contribution in [-0.4, -0.2) is 49.2 Å². The largest absolute Gasteiger partial charge is 0.444 e. The number of carbonyl (C=O) groups excluding carboxylic acids is 1. The minimum atomic E-state index is -2.93. The van der Waals surface area contributed by atoms with Gasteiger partial charge in [0.15, 0.2) is 0 Å². The zero-order chi connectivity index (χ0) is 14.2. The van der Waals surface area contributed by atoms with Crippen molar-refractivity contribution < 1.29 is 18.3 Å². The van der Waals surface area contributed by atoms with Gasteiger partial charge in [0.1, 0.15) is 5.60 Å². The first-order chi connectivity index (χ1) is 7.97. The third kappa shape index (κ3) is 3.31. The Kier molecular flexibility index (Phi) is 3.91. The molecule has 18 heavy (non-hydrogen) atoms. The fourth-order valence-electron chi connectivity index (χ4n) is 1.65. The SMILES string of the molecule is CN(CC(F)(F)C1(C)CNC1)C(=O)OC(C)(C)C. The molecule has 0 bridgehead atoms. The fraction of sp³-hybridized carbons (Fsp3) is 0.917. The first-order valence-corrected chi connectivity index (χ1v) is 6.00. The standard InChI is InChI=1S/C12H22F2N2O2/c1-10(2,3)18-9(17)16(5)8-12(13,14)11(4)6-15-7-11/h15H,6-8H2,1-5H3. The molecule has 0 aromatic heterocycles. The highest BCUT2D eigenvalue weighted by atomic mass is 19.3. The van der Waals surface area contributed by atoms with Gasteiger partial charge in [-0.15, -0.1) is 0 Å². The van der Waals surface area contributed by atoms with Gasteiger partial charge in [0.25, 0.3) is 5.92 Å². The topological polar surface area (TPSA) is 41.6 Å². The van der Waals surface area contributed by atoms with Crippen molar-refractivity contribution in [3.05, 3.63) is 0 Å². The van der Waals surface area contributed by atoms with Crippen molar-refractivity contribution in [2.75, 3.05) is 26.7 Å². The molecule has 0 unspecified atom stereocenters. The maximum atomic E-state index is 14.0. The molecular weight excluding hydrogens is 242 g/mol. The average molecular weight is 264 g/mol. The van der Waals surface area contributed by atoms with Gasteiger partial charge in [-0.1, -0.05) is 6.92 Å². The van der Waals surface area contributed by atoms with E-state index in [1.807, 2.05) is 0 Å². The predicted molar refractivity (Wildman–Crippen MR) is 64.8 cm³/mol. The number of ether oxygens (including phenoxy) is 1. The Balaban J connectivity index is 2.58. The van der Waals surface area contributed by atoms with E-state index in [0.717, 1.165) is 4.90 Å². The molecule has 1 N–H and O–H groups in total. The summed E-state index contributed by atoms with van der Waals surface area (Å²) in [5.74, 6) is -2.93. The highest BCUT2D eigenvalue weighted by Gasteiger charge is 2.54. The molecule has 0 atom stereocenters. The van der Waals surface area contributed by atoms with E-state index < -0.39 is 29.6 Å². The molecule has 1 fully saturated rings. The monoisotopic (exact) mass is 264 g/mol. The number of amides is 1. The first-order valence-electron chi connectivity index (χ1n) is 6.00. The number of alkyl halides is 2. The average Bonchev–Trinajstić information content (AvgIpc) is 2.10. The summed E-state index contributed by atoms with van der Waals surface area (Å²) in [5.41, 5.74) is -1.76. The van der Waals surface area contributed by atoms with Gasteiger partial charge in [-0.25, -0.2) is 13.6 Å². The normalized spacial score (nSPS) is 19.1. The lowest BCUT2D eigenvalue weighted by molar-refractivity contribution is -0.148. The summed E-state index contributed by atoms with van der Waals surface area (Å²) in [6.45, 7) is 6.53. The minimum absolute atomic E-state index is 0.266. The second kappa shape index (κ2) is 4.64. The molecule has 1 aliphatic heterocycles. The lowest BCUT2D eigenvalue weighted by Crippen LogP contribution is -2.64. The highest BCUT2D eigenvalue weighted by molar-refractivity contribution is 5.67. The van der Waals surface area contributed by atoms with E-state index in [9.17, 15) is 13.6 Å². The maximum absolute atomic E-state index is 14.0. The zero-order valence-corrected chi connectivity index (χ0v) is 11.6. The molecular formula is C12H22F2N2O2. The number of carbonyl (C=O) groups is 1. The lowest BCUT2D eigenvalue weighted by Gasteiger charge is -2.46. The van der Waals surface area contributed by atoms with E-state index in [-0.39, 0.29) is 13.1 Å². The molecule has 4 nitrogen and oxygen atoms in total. The Hall–Kier alpha value is -0.910. The fourth-order valence-corrected chi connectivity index (χ4v) is 1.65. The van der Waals surface area contributed by atoms with Crippen LogP contribution in [-0.2, 0) is 4.74 Å². The summed E-state index contributed by atoms with van der Waals surface area (Å²) in [7, 11) is 1.33. The summed E-state index contributed by atoms with van der Waals surface area (Å²) < 4.78 is 33.1. The molecule has 1 amide bonds. The van der Waals surface area contributed by atoms with E-state index >= 15 is 0 Å². The molecule has 0 aromatic carbocycles. The van der Waals surface area contributed by atoms with E-state index in [1.54, 1.807) is 20.8 Å². The molecule has 0 saturated carbocycles. The zero-order valence-electron chi connectivity index (χ0n) is 11.6. The van der Waals surface area contributed by atoms with Crippen molar-refractivity contribution >= 4 is 6.09 Å². The molecule has 1 aliphatic rings. The van der Waals surface area contributed by atoms with Gasteiger partial charge < -0.3 is 15.0 Å². The number of halogens is 2. The van der Waals surface area contributed by atoms with Gasteiger partial charge in [-0.05, 0) is 20.8 Å². The summed E-state index contributed by atoms with van der Waals surface area (Å²) in [6, 6.07) is 0. The van der Waals surface area contributed by atoms with Crippen molar-refractivity contribution in [3.63, 3.8) is 0 Å². The second-order valence-corrected chi connectivity index (χ2v) is 6.21. The van der Waals surface area contributed by atoms with Gasteiger partial charge in [-0.3, -0.25) is 0 Å². The Labute approximate surface area is 107 Å². The molecule has 0 aliphatic carbocycles. The number of rotatable bonds is 3. The Morgan fingerprint density at radius 3 is 2.22 bits per heavy atom. The third-order valence-corrected chi connectivity index (χ3v) is 3.05. The van der Waals surface area contributed by atoms with Crippen LogP contribution in [0.5, 0.6) is 0 Å². The number of nitrogens with zero attached hydrogens (tertiary/aromatic N) is 1. The van der Waals surface area contributed by atoms with E-state index in [2.05, 4.69) is 5.32 Å². The molecule has 6 heteroatoms. The molecule has 0 radical (unpaired) electrons. The van der Waals surface area contributed by atoms with Gasteiger partial charge in [-0.2, -0.15) is 0 Å². The summed E-state index contributed by atoms with van der Waals surface area (Å²) in [5, 5.41) is 2.83. The van der Waals surface area contributed by atoms with Crippen LogP contribution in [0.1, 0.15) is 27.7 Å². The summed E-state index contributed by atoms with van der Waals surface area (Å²) >= 11 is 0. The Morgan fingerprint density at radius 2 is 1.89 bits per heavy atom. The predicted octanol–water partition coefficient (Wildman–Crippen LogP) is 2.10. The van der Waals surface area contributed by atoms with E-state index in [4.69, 9.17) is 4.74 Å². The second-order valence-electron chi connectivity index (χ2n) is 6.21. The molecule has 106 valence electrons. The number of nitrogens with one attached hydrogen (secondary N) is 1. The summed E-state index contributed by atoms with van der Waals surface area (Å²) in [6.07, 6.45) is -0.724. The summed E-state index contributed by atoms with van der Waals surface area (Å²) in [4.78, 5) is 12.6. The molecule has 1 heterocycles. The molecule has 1 saturated heterocycles. The van der Waals surface area contributed by atoms with Crippen LogP contribution >= 0.6 is 0 Å². The Bertz CT molecular complexity index is 323. The van der Waals surface area contributed by atoms with Crippen LogP contribution in [0.15, 0.2) is 0 Å². The van der Waals surface area contributed by atoms with Crippen LogP contribution < -0.4 is 5.32 Å². The van der Waals surface area contributed by atoms with Crippen molar-refractivity contribution in [3.8, 4) is 0 Å². The smallest absolute Gasteiger partial charge is 0.410 e. The van der Waals surface area contributed by atoms with Crippen LogP contribution in [0.4, 0.5) is 13.6 Å².